The lowest BCUT2D eigenvalue weighted by Gasteiger charge is -2.32. The second-order valence-electron chi connectivity index (χ2n) is 7.86. The summed E-state index contributed by atoms with van der Waals surface area (Å²) in [6, 6.07) is 10.4. The van der Waals surface area contributed by atoms with Crippen molar-refractivity contribution in [2.45, 2.75) is 28.8 Å². The van der Waals surface area contributed by atoms with E-state index in [0.717, 1.165) is 52.5 Å². The number of aromatic nitrogens is 5. The van der Waals surface area contributed by atoms with E-state index in [0.29, 0.717) is 18.2 Å². The minimum absolute atomic E-state index is 0.183. The van der Waals surface area contributed by atoms with Gasteiger partial charge in [-0.25, -0.2) is 9.50 Å². The highest BCUT2D eigenvalue weighted by Gasteiger charge is 2.22. The molecule has 1 atom stereocenters. The van der Waals surface area contributed by atoms with Crippen molar-refractivity contribution in [3.63, 3.8) is 0 Å². The fraction of sp³-hybridized carbons (Fsp3) is 0.304. The minimum atomic E-state index is 0.183. The summed E-state index contributed by atoms with van der Waals surface area (Å²) in [7, 11) is 0. The predicted octanol–water partition coefficient (Wildman–Crippen LogP) is 3.24. The first-order valence-electron chi connectivity index (χ1n) is 10.6. The van der Waals surface area contributed by atoms with Crippen LogP contribution in [0.3, 0.4) is 0 Å². The molecule has 162 valence electrons. The lowest BCUT2D eigenvalue weighted by molar-refractivity contribution is 0.138. The highest BCUT2D eigenvalue weighted by atomic mass is 32.2. The van der Waals surface area contributed by atoms with Crippen LogP contribution in [0.15, 0.2) is 65.2 Å². The second-order valence-corrected chi connectivity index (χ2v) is 8.92. The van der Waals surface area contributed by atoms with E-state index in [4.69, 9.17) is 0 Å². The van der Waals surface area contributed by atoms with Gasteiger partial charge in [-0.3, -0.25) is 9.58 Å². The molecule has 1 N–H and O–H groups in total. The number of rotatable bonds is 6. The van der Waals surface area contributed by atoms with Crippen LogP contribution in [0.2, 0.25) is 0 Å². The number of β-amino-alcohol motifs (C(OH)–C–C–N with tert-alkyl or cyclic N) is 1. The van der Waals surface area contributed by atoms with E-state index < -0.39 is 0 Å². The van der Waals surface area contributed by atoms with Gasteiger partial charge in [-0.05, 0) is 37.6 Å². The summed E-state index contributed by atoms with van der Waals surface area (Å²) < 4.78 is 3.80. The number of likely N-dealkylation sites (tertiary alicyclic amines) is 1. The standard InChI is InChI=1S/C23H23N7OS/c24-11-18-12-27-30-14-17(10-21(23(18)30)32-22-5-1-2-6-25-22)19-13-26-29(15-19)20-4-3-7-28(16-20)8-9-31/h1-2,5-6,10,12-15,20,31H,3-4,7-9,16H2/t20-/m0/s1. The fourth-order valence-corrected chi connectivity index (χ4v) is 5.17. The van der Waals surface area contributed by atoms with Gasteiger partial charge in [0.25, 0.3) is 0 Å². The number of aliphatic hydroxyl groups is 1. The molecule has 0 radical (unpaired) electrons. The number of nitrogens with zero attached hydrogens (tertiary/aromatic N) is 7. The molecule has 0 amide bonds. The molecular formula is C23H23N7OS. The number of pyridine rings is 2. The van der Waals surface area contributed by atoms with Gasteiger partial charge < -0.3 is 5.11 Å². The molecule has 0 aromatic carbocycles. The maximum absolute atomic E-state index is 9.55. The molecule has 9 heteroatoms. The molecule has 0 spiro atoms. The first-order valence-corrected chi connectivity index (χ1v) is 11.4. The predicted molar refractivity (Wildman–Crippen MR) is 121 cm³/mol. The molecule has 8 nitrogen and oxygen atoms in total. The van der Waals surface area contributed by atoms with Crippen molar-refractivity contribution in [1.82, 2.24) is 29.3 Å². The lowest BCUT2D eigenvalue weighted by Crippen LogP contribution is -2.38. The van der Waals surface area contributed by atoms with Gasteiger partial charge in [-0.15, -0.1) is 0 Å². The summed E-state index contributed by atoms with van der Waals surface area (Å²) >= 11 is 1.52. The Morgan fingerprint density at radius 2 is 2.12 bits per heavy atom. The monoisotopic (exact) mass is 445 g/mol. The van der Waals surface area contributed by atoms with Crippen LogP contribution < -0.4 is 0 Å². The topological polar surface area (TPSA) is 95.3 Å². The van der Waals surface area contributed by atoms with Gasteiger partial charge in [-0.1, -0.05) is 17.8 Å². The molecule has 0 aliphatic carbocycles. The van der Waals surface area contributed by atoms with Crippen molar-refractivity contribution in [1.29, 1.82) is 5.26 Å². The first kappa shape index (κ1) is 20.7. The molecule has 0 saturated carbocycles. The van der Waals surface area contributed by atoms with Gasteiger partial charge in [0.05, 0.1) is 36.1 Å². The SMILES string of the molecule is N#Cc1cnn2cc(-c3cnn([C@H]4CCCN(CCO)C4)c3)cc(Sc3ccccn3)c12. The molecule has 1 aliphatic rings. The zero-order chi connectivity index (χ0) is 21.9. The van der Waals surface area contributed by atoms with E-state index in [1.807, 2.05) is 35.3 Å². The molecule has 0 bridgehead atoms. The van der Waals surface area contributed by atoms with Crippen LogP contribution in [-0.2, 0) is 0 Å². The fourth-order valence-electron chi connectivity index (χ4n) is 4.20. The summed E-state index contributed by atoms with van der Waals surface area (Å²) in [4.78, 5) is 7.64. The van der Waals surface area contributed by atoms with Crippen molar-refractivity contribution < 1.29 is 5.11 Å². The third-order valence-electron chi connectivity index (χ3n) is 5.76. The van der Waals surface area contributed by atoms with Crippen LogP contribution >= 0.6 is 11.8 Å². The largest absolute Gasteiger partial charge is 0.395 e. The van der Waals surface area contributed by atoms with Crippen molar-refractivity contribution in [2.75, 3.05) is 26.2 Å². The average Bonchev–Trinajstić information content (AvgIpc) is 3.48. The number of hydrogen-bond acceptors (Lipinski definition) is 7. The van der Waals surface area contributed by atoms with Gasteiger partial charge >= 0.3 is 0 Å². The maximum Gasteiger partial charge on any atom is 0.103 e. The quantitative estimate of drug-likeness (QED) is 0.487. The first-order chi connectivity index (χ1) is 15.7. The summed E-state index contributed by atoms with van der Waals surface area (Å²) in [5, 5.41) is 28.7. The normalized spacial score (nSPS) is 16.9. The number of fused-ring (bicyclic) bond motifs is 1. The van der Waals surface area contributed by atoms with Crippen LogP contribution in [0, 0.1) is 11.3 Å². The molecule has 1 aliphatic heterocycles. The highest BCUT2D eigenvalue weighted by molar-refractivity contribution is 7.99. The zero-order valence-electron chi connectivity index (χ0n) is 17.5. The van der Waals surface area contributed by atoms with Gasteiger partial charge in [-0.2, -0.15) is 15.5 Å². The highest BCUT2D eigenvalue weighted by Crippen LogP contribution is 2.35. The van der Waals surface area contributed by atoms with Gasteiger partial charge in [0.15, 0.2) is 0 Å². The summed E-state index contributed by atoms with van der Waals surface area (Å²) in [6.07, 6.45) is 11.4. The minimum Gasteiger partial charge on any atom is -0.395 e. The summed E-state index contributed by atoms with van der Waals surface area (Å²) in [5.74, 6) is 0. The smallest absolute Gasteiger partial charge is 0.103 e. The number of piperidine rings is 1. The van der Waals surface area contributed by atoms with E-state index in [2.05, 4.69) is 38.4 Å². The van der Waals surface area contributed by atoms with Crippen LogP contribution in [0.5, 0.6) is 0 Å². The third-order valence-corrected chi connectivity index (χ3v) is 6.74. The Labute approximate surface area is 190 Å². The Hall–Kier alpha value is -3.19. The summed E-state index contributed by atoms with van der Waals surface area (Å²) in [6.45, 7) is 2.81. The van der Waals surface area contributed by atoms with Gasteiger partial charge in [0.1, 0.15) is 11.1 Å². The zero-order valence-corrected chi connectivity index (χ0v) is 18.3. The van der Waals surface area contributed by atoms with Crippen molar-refractivity contribution >= 4 is 17.3 Å². The average molecular weight is 446 g/mol. The molecule has 1 fully saturated rings. The van der Waals surface area contributed by atoms with E-state index >= 15 is 0 Å². The van der Waals surface area contributed by atoms with E-state index in [-0.39, 0.29) is 6.61 Å². The molecule has 0 unspecified atom stereocenters. The van der Waals surface area contributed by atoms with Gasteiger partial charge in [0.2, 0.25) is 0 Å². The molecule has 5 heterocycles. The Kier molecular flexibility index (Phi) is 5.90. The Bertz CT molecular complexity index is 1260. The molecule has 4 aromatic heterocycles. The van der Waals surface area contributed by atoms with Crippen molar-refractivity contribution in [2.24, 2.45) is 0 Å². The number of hydrogen-bond donors (Lipinski definition) is 1. The van der Waals surface area contributed by atoms with Crippen LogP contribution in [-0.4, -0.2) is 60.6 Å². The van der Waals surface area contributed by atoms with Crippen LogP contribution in [0.25, 0.3) is 16.6 Å². The Morgan fingerprint density at radius 3 is 2.94 bits per heavy atom. The number of aliphatic hydroxyl groups excluding tert-OH is 1. The molecule has 4 aromatic rings. The van der Waals surface area contributed by atoms with E-state index in [1.54, 1.807) is 16.9 Å². The van der Waals surface area contributed by atoms with E-state index in [9.17, 15) is 10.4 Å². The van der Waals surface area contributed by atoms with Gasteiger partial charge in [0, 0.05) is 47.7 Å². The Balaban J connectivity index is 1.49. The molecule has 1 saturated heterocycles. The lowest BCUT2D eigenvalue weighted by atomic mass is 10.1. The molecule has 32 heavy (non-hydrogen) atoms. The second kappa shape index (κ2) is 9.12. The molecular weight excluding hydrogens is 422 g/mol. The molecule has 5 rings (SSSR count). The number of nitriles is 1. The summed E-state index contributed by atoms with van der Waals surface area (Å²) in [5.41, 5.74) is 3.31. The van der Waals surface area contributed by atoms with E-state index in [1.165, 1.54) is 11.8 Å². The third kappa shape index (κ3) is 4.12. The Morgan fingerprint density at radius 1 is 1.19 bits per heavy atom. The maximum atomic E-state index is 9.55. The van der Waals surface area contributed by atoms with Crippen LogP contribution in [0.4, 0.5) is 0 Å². The van der Waals surface area contributed by atoms with Crippen molar-refractivity contribution in [3.05, 3.63) is 60.8 Å². The van der Waals surface area contributed by atoms with Crippen molar-refractivity contribution in [3.8, 4) is 17.2 Å². The van der Waals surface area contributed by atoms with Crippen LogP contribution in [0.1, 0.15) is 24.4 Å².